The van der Waals surface area contributed by atoms with Gasteiger partial charge in [-0.05, 0) is 18.1 Å². The standard InChI is InChI=1S/C12H20N4/c1-4-9(2)8-16(3)10-5-6-15-11(7-10)12(13)14/h5-7,9H,4,8H2,1-3H3,(H3,13,14). The minimum atomic E-state index is 0.0128. The minimum absolute atomic E-state index is 0.0128. The first-order chi connectivity index (χ1) is 7.54. The van der Waals surface area contributed by atoms with Crippen molar-refractivity contribution in [2.24, 2.45) is 11.7 Å². The molecule has 0 amide bonds. The smallest absolute Gasteiger partial charge is 0.141 e. The van der Waals surface area contributed by atoms with Crippen LogP contribution in [0.4, 0.5) is 5.69 Å². The van der Waals surface area contributed by atoms with Gasteiger partial charge in [0, 0.05) is 25.5 Å². The number of hydrogen-bond donors (Lipinski definition) is 2. The van der Waals surface area contributed by atoms with Crippen LogP contribution in [-0.4, -0.2) is 24.4 Å². The number of nitrogens with two attached hydrogens (primary N) is 1. The van der Waals surface area contributed by atoms with Crippen molar-refractivity contribution in [3.8, 4) is 0 Å². The zero-order valence-corrected chi connectivity index (χ0v) is 10.2. The number of nitrogens with one attached hydrogen (secondary N) is 1. The molecule has 0 aliphatic heterocycles. The fourth-order valence-electron chi connectivity index (χ4n) is 1.51. The van der Waals surface area contributed by atoms with Crippen LogP contribution in [0, 0.1) is 11.3 Å². The molecule has 0 saturated carbocycles. The van der Waals surface area contributed by atoms with Gasteiger partial charge in [0.15, 0.2) is 0 Å². The summed E-state index contributed by atoms with van der Waals surface area (Å²) in [4.78, 5) is 6.21. The van der Waals surface area contributed by atoms with Gasteiger partial charge in [0.2, 0.25) is 0 Å². The van der Waals surface area contributed by atoms with Crippen LogP contribution in [-0.2, 0) is 0 Å². The summed E-state index contributed by atoms with van der Waals surface area (Å²) in [5, 5.41) is 7.35. The van der Waals surface area contributed by atoms with Crippen LogP contribution in [0.1, 0.15) is 26.0 Å². The Labute approximate surface area is 97.0 Å². The van der Waals surface area contributed by atoms with Crippen molar-refractivity contribution in [2.45, 2.75) is 20.3 Å². The van der Waals surface area contributed by atoms with E-state index in [-0.39, 0.29) is 5.84 Å². The summed E-state index contributed by atoms with van der Waals surface area (Å²) in [5.41, 5.74) is 7.00. The first kappa shape index (κ1) is 12.5. The van der Waals surface area contributed by atoms with E-state index >= 15 is 0 Å². The predicted molar refractivity (Wildman–Crippen MR) is 68.0 cm³/mol. The second kappa shape index (κ2) is 5.49. The van der Waals surface area contributed by atoms with Gasteiger partial charge in [0.1, 0.15) is 11.5 Å². The van der Waals surface area contributed by atoms with E-state index in [0.29, 0.717) is 11.6 Å². The molecule has 0 radical (unpaired) electrons. The molecule has 16 heavy (non-hydrogen) atoms. The molecular formula is C12H20N4. The first-order valence-electron chi connectivity index (χ1n) is 5.56. The van der Waals surface area contributed by atoms with Crippen LogP contribution in [0.25, 0.3) is 0 Å². The van der Waals surface area contributed by atoms with Gasteiger partial charge in [0.25, 0.3) is 0 Å². The highest BCUT2D eigenvalue weighted by molar-refractivity contribution is 5.93. The number of amidine groups is 1. The van der Waals surface area contributed by atoms with Crippen LogP contribution < -0.4 is 10.6 Å². The Hall–Kier alpha value is -1.58. The molecule has 0 aromatic carbocycles. The van der Waals surface area contributed by atoms with E-state index in [9.17, 15) is 0 Å². The molecule has 1 aromatic rings. The van der Waals surface area contributed by atoms with Crippen molar-refractivity contribution < 1.29 is 0 Å². The number of anilines is 1. The van der Waals surface area contributed by atoms with Gasteiger partial charge < -0.3 is 10.6 Å². The Morgan fingerprint density at radius 2 is 2.31 bits per heavy atom. The van der Waals surface area contributed by atoms with E-state index in [4.69, 9.17) is 11.1 Å². The van der Waals surface area contributed by atoms with Crippen molar-refractivity contribution in [1.82, 2.24) is 4.98 Å². The number of aromatic nitrogens is 1. The molecule has 1 unspecified atom stereocenters. The fourth-order valence-corrected chi connectivity index (χ4v) is 1.51. The number of pyridine rings is 1. The maximum atomic E-state index is 7.35. The Morgan fingerprint density at radius 1 is 1.62 bits per heavy atom. The number of nitrogen functional groups attached to an aromatic ring is 1. The molecule has 88 valence electrons. The van der Waals surface area contributed by atoms with E-state index in [1.807, 2.05) is 19.2 Å². The van der Waals surface area contributed by atoms with Crippen LogP contribution in [0.2, 0.25) is 0 Å². The molecule has 1 aromatic heterocycles. The maximum Gasteiger partial charge on any atom is 0.141 e. The molecule has 4 nitrogen and oxygen atoms in total. The Kier molecular flexibility index (Phi) is 4.28. The summed E-state index contributed by atoms with van der Waals surface area (Å²) in [6.45, 7) is 5.41. The Bertz CT molecular complexity index is 362. The van der Waals surface area contributed by atoms with Gasteiger partial charge in [-0.1, -0.05) is 20.3 Å². The molecule has 0 aliphatic carbocycles. The quantitative estimate of drug-likeness (QED) is 0.588. The third kappa shape index (κ3) is 3.22. The third-order valence-electron chi connectivity index (χ3n) is 2.74. The molecule has 0 bridgehead atoms. The molecular weight excluding hydrogens is 200 g/mol. The average molecular weight is 220 g/mol. The molecule has 1 rings (SSSR count). The normalized spacial score (nSPS) is 12.2. The highest BCUT2D eigenvalue weighted by Gasteiger charge is 2.07. The van der Waals surface area contributed by atoms with Crippen molar-refractivity contribution in [2.75, 3.05) is 18.5 Å². The topological polar surface area (TPSA) is 66.0 Å². The summed E-state index contributed by atoms with van der Waals surface area (Å²) in [6, 6.07) is 3.79. The molecule has 1 atom stereocenters. The fraction of sp³-hybridized carbons (Fsp3) is 0.500. The minimum Gasteiger partial charge on any atom is -0.382 e. The summed E-state index contributed by atoms with van der Waals surface area (Å²) in [6.07, 6.45) is 2.86. The number of rotatable bonds is 5. The van der Waals surface area contributed by atoms with E-state index in [1.54, 1.807) is 6.20 Å². The lowest BCUT2D eigenvalue weighted by Gasteiger charge is -2.23. The summed E-state index contributed by atoms with van der Waals surface area (Å²) in [7, 11) is 2.05. The number of hydrogen-bond acceptors (Lipinski definition) is 3. The molecule has 0 spiro atoms. The van der Waals surface area contributed by atoms with Crippen molar-refractivity contribution >= 4 is 11.5 Å². The maximum absolute atomic E-state index is 7.35. The van der Waals surface area contributed by atoms with Crippen LogP contribution >= 0.6 is 0 Å². The van der Waals surface area contributed by atoms with E-state index in [1.165, 1.54) is 0 Å². The zero-order valence-electron chi connectivity index (χ0n) is 10.2. The number of nitrogens with zero attached hydrogens (tertiary/aromatic N) is 2. The zero-order chi connectivity index (χ0) is 12.1. The van der Waals surface area contributed by atoms with E-state index < -0.39 is 0 Å². The Morgan fingerprint density at radius 3 is 2.88 bits per heavy atom. The van der Waals surface area contributed by atoms with E-state index in [2.05, 4.69) is 23.7 Å². The van der Waals surface area contributed by atoms with Crippen LogP contribution in [0.5, 0.6) is 0 Å². The lowest BCUT2D eigenvalue weighted by molar-refractivity contribution is 0.560. The van der Waals surface area contributed by atoms with E-state index in [0.717, 1.165) is 18.7 Å². The van der Waals surface area contributed by atoms with Crippen LogP contribution in [0.3, 0.4) is 0 Å². The summed E-state index contributed by atoms with van der Waals surface area (Å²) < 4.78 is 0. The van der Waals surface area contributed by atoms with Gasteiger partial charge in [-0.2, -0.15) is 0 Å². The molecule has 0 fully saturated rings. The van der Waals surface area contributed by atoms with Gasteiger partial charge in [0.05, 0.1) is 0 Å². The summed E-state index contributed by atoms with van der Waals surface area (Å²) in [5.74, 6) is 0.665. The van der Waals surface area contributed by atoms with Gasteiger partial charge in [-0.3, -0.25) is 10.4 Å². The average Bonchev–Trinajstić information content (AvgIpc) is 2.28. The van der Waals surface area contributed by atoms with Crippen LogP contribution in [0.15, 0.2) is 18.3 Å². The monoisotopic (exact) mass is 220 g/mol. The largest absolute Gasteiger partial charge is 0.382 e. The first-order valence-corrected chi connectivity index (χ1v) is 5.56. The van der Waals surface area contributed by atoms with Crippen molar-refractivity contribution in [3.63, 3.8) is 0 Å². The molecule has 3 N–H and O–H groups in total. The van der Waals surface area contributed by atoms with Gasteiger partial charge >= 0.3 is 0 Å². The van der Waals surface area contributed by atoms with Gasteiger partial charge in [-0.15, -0.1) is 0 Å². The second-order valence-electron chi connectivity index (χ2n) is 4.21. The predicted octanol–water partition coefficient (Wildman–Crippen LogP) is 1.85. The van der Waals surface area contributed by atoms with Crippen molar-refractivity contribution in [3.05, 3.63) is 24.0 Å². The molecule has 0 saturated heterocycles. The second-order valence-corrected chi connectivity index (χ2v) is 4.21. The lowest BCUT2D eigenvalue weighted by Crippen LogP contribution is -2.24. The van der Waals surface area contributed by atoms with Crippen molar-refractivity contribution in [1.29, 1.82) is 5.41 Å². The lowest BCUT2D eigenvalue weighted by atomic mass is 10.1. The van der Waals surface area contributed by atoms with Gasteiger partial charge in [-0.25, -0.2) is 0 Å². The highest BCUT2D eigenvalue weighted by atomic mass is 15.1. The Balaban J connectivity index is 2.79. The highest BCUT2D eigenvalue weighted by Crippen LogP contribution is 2.15. The SMILES string of the molecule is CCC(C)CN(C)c1ccnc(C(=N)N)c1. The molecule has 0 aliphatic rings. The molecule has 4 heteroatoms. The molecule has 1 heterocycles. The summed E-state index contributed by atoms with van der Waals surface area (Å²) >= 11 is 0. The third-order valence-corrected chi connectivity index (χ3v) is 2.74.